The molecule has 2 aromatic rings. The van der Waals surface area contributed by atoms with Crippen LogP contribution in [-0.4, -0.2) is 75.9 Å². The summed E-state index contributed by atoms with van der Waals surface area (Å²) in [4.78, 5) is 54.7. The van der Waals surface area contributed by atoms with Crippen LogP contribution in [0.4, 0.5) is 10.6 Å². The summed E-state index contributed by atoms with van der Waals surface area (Å²) in [5.74, 6) is 0.660. The molecule has 4 aliphatic rings. The van der Waals surface area contributed by atoms with E-state index in [1.165, 1.54) is 16.7 Å². The Kier molecular flexibility index (Phi) is 7.91. The molecule has 3 atom stereocenters. The Morgan fingerprint density at radius 1 is 1.07 bits per heavy atom. The van der Waals surface area contributed by atoms with Crippen LogP contribution in [0.15, 0.2) is 22.9 Å². The number of hydrogen-bond donors (Lipinski definition) is 3. The lowest BCUT2D eigenvalue weighted by Gasteiger charge is -2.34. The maximum Gasteiger partial charge on any atom is 0.409 e. The molecule has 3 aliphatic carbocycles. The summed E-state index contributed by atoms with van der Waals surface area (Å²) in [6.07, 6.45) is 8.79. The summed E-state index contributed by atoms with van der Waals surface area (Å²) in [7, 11) is 2.99. The molecule has 1 saturated heterocycles. The standard InChI is InChI=1S/C30H41N7O6/c1-17(18-5-4-6-18)32-28(40)30(12-14-37(16-30)29(41)42-3)22-15-23(35-43-22)33-27(39)25(24(19-7-8-19)20-9-10-20)34-26(38)21-11-13-31-36(21)2/h11,13,15,17-20,24-25H,4-10,12,14,16H2,1-3H3,(H,32,40)(H,34,38)(H,33,35,39)/t17?,25-,30?/m0/s1. The predicted molar refractivity (Wildman–Crippen MR) is 154 cm³/mol. The topological polar surface area (TPSA) is 161 Å². The molecule has 1 aliphatic heterocycles. The van der Waals surface area contributed by atoms with E-state index in [9.17, 15) is 19.2 Å². The fraction of sp³-hybridized carbons (Fsp3) is 0.667. The molecule has 2 aromatic heterocycles. The first-order valence-corrected chi connectivity index (χ1v) is 15.4. The Labute approximate surface area is 250 Å². The SMILES string of the molecule is COC(=O)N1CCC(C(=O)NC(C)C2CCC2)(c2cc(NC(=O)[C@@H](NC(=O)c3ccnn3C)C(C3CC3)C3CC3)no2)C1. The van der Waals surface area contributed by atoms with Gasteiger partial charge in [0.25, 0.3) is 5.91 Å². The Hall–Kier alpha value is -3.90. The first kappa shape index (κ1) is 29.2. The number of carbonyl (C=O) groups excluding carboxylic acids is 4. The zero-order valence-electron chi connectivity index (χ0n) is 25.0. The molecular formula is C30H41N7O6. The summed E-state index contributed by atoms with van der Waals surface area (Å²) < 4.78 is 12.1. The zero-order chi connectivity index (χ0) is 30.3. The fourth-order valence-electron chi connectivity index (χ4n) is 6.80. The molecule has 13 heteroatoms. The molecule has 13 nitrogen and oxygen atoms in total. The van der Waals surface area contributed by atoms with Crippen molar-refractivity contribution in [2.45, 2.75) is 75.8 Å². The number of ether oxygens (including phenoxy) is 1. The number of amides is 4. The van der Waals surface area contributed by atoms with Crippen LogP contribution in [0, 0.1) is 23.7 Å². The van der Waals surface area contributed by atoms with Crippen molar-refractivity contribution in [3.05, 3.63) is 29.8 Å². The summed E-state index contributed by atoms with van der Waals surface area (Å²) >= 11 is 0. The molecular weight excluding hydrogens is 554 g/mol. The lowest BCUT2D eigenvalue weighted by atomic mass is 9.78. The zero-order valence-corrected chi connectivity index (χ0v) is 25.0. The van der Waals surface area contributed by atoms with Crippen LogP contribution in [0.25, 0.3) is 0 Å². The molecule has 2 unspecified atom stereocenters. The highest BCUT2D eigenvalue weighted by atomic mass is 16.5. The van der Waals surface area contributed by atoms with Crippen LogP contribution in [0.2, 0.25) is 0 Å². The summed E-state index contributed by atoms with van der Waals surface area (Å²) in [5, 5.41) is 17.2. The van der Waals surface area contributed by atoms with Crippen molar-refractivity contribution >= 4 is 29.6 Å². The number of aryl methyl sites for hydroxylation is 1. The van der Waals surface area contributed by atoms with Crippen molar-refractivity contribution in [1.82, 2.24) is 30.5 Å². The molecule has 3 N–H and O–H groups in total. The number of hydrogen-bond acceptors (Lipinski definition) is 8. The second-order valence-electron chi connectivity index (χ2n) is 12.8. The van der Waals surface area contributed by atoms with E-state index in [-0.39, 0.29) is 47.8 Å². The van der Waals surface area contributed by atoms with Gasteiger partial charge < -0.3 is 30.1 Å². The fourth-order valence-corrected chi connectivity index (χ4v) is 6.80. The average Bonchev–Trinajstić information content (AvgIpc) is 3.83. The van der Waals surface area contributed by atoms with Crippen molar-refractivity contribution in [3.8, 4) is 0 Å². The van der Waals surface area contributed by atoms with E-state index in [4.69, 9.17) is 9.26 Å². The minimum absolute atomic E-state index is 0.0158. The Bertz CT molecular complexity index is 1360. The number of nitrogens with zero attached hydrogens (tertiary/aromatic N) is 4. The smallest absolute Gasteiger partial charge is 0.409 e. The van der Waals surface area contributed by atoms with Gasteiger partial charge in [0.15, 0.2) is 11.6 Å². The highest BCUT2D eigenvalue weighted by Gasteiger charge is 2.52. The van der Waals surface area contributed by atoms with Crippen molar-refractivity contribution < 1.29 is 28.4 Å². The van der Waals surface area contributed by atoms with E-state index >= 15 is 0 Å². The van der Waals surface area contributed by atoms with Crippen molar-refractivity contribution in [3.63, 3.8) is 0 Å². The van der Waals surface area contributed by atoms with Crippen LogP contribution in [0.5, 0.6) is 0 Å². The van der Waals surface area contributed by atoms with Gasteiger partial charge in [0.1, 0.15) is 17.2 Å². The third-order valence-corrected chi connectivity index (χ3v) is 9.93. The van der Waals surface area contributed by atoms with Crippen molar-refractivity contribution in [2.75, 3.05) is 25.5 Å². The van der Waals surface area contributed by atoms with Crippen LogP contribution in [-0.2, 0) is 26.8 Å². The van der Waals surface area contributed by atoms with E-state index in [1.54, 1.807) is 25.4 Å². The average molecular weight is 596 g/mol. The number of likely N-dealkylation sites (tertiary alicyclic amines) is 1. The highest BCUT2D eigenvalue weighted by Crippen LogP contribution is 2.51. The van der Waals surface area contributed by atoms with Gasteiger partial charge in [-0.25, -0.2) is 4.79 Å². The second kappa shape index (κ2) is 11.6. The molecule has 0 aromatic carbocycles. The normalized spacial score (nSPS) is 23.4. The summed E-state index contributed by atoms with van der Waals surface area (Å²) in [6, 6.07) is 2.41. The van der Waals surface area contributed by atoms with Gasteiger partial charge in [-0.1, -0.05) is 11.6 Å². The number of methoxy groups -OCH3 is 1. The highest BCUT2D eigenvalue weighted by molar-refractivity contribution is 6.00. The van der Waals surface area contributed by atoms with Crippen LogP contribution in [0.1, 0.15) is 74.5 Å². The first-order chi connectivity index (χ1) is 20.7. The first-order valence-electron chi connectivity index (χ1n) is 15.4. The van der Waals surface area contributed by atoms with E-state index in [2.05, 4.69) is 26.2 Å². The molecule has 0 spiro atoms. The van der Waals surface area contributed by atoms with Gasteiger partial charge in [-0.05, 0) is 81.6 Å². The van der Waals surface area contributed by atoms with E-state index in [1.807, 2.05) is 6.92 Å². The van der Waals surface area contributed by atoms with Gasteiger partial charge in [0.2, 0.25) is 11.8 Å². The Balaban J connectivity index is 1.22. The van der Waals surface area contributed by atoms with Crippen molar-refractivity contribution in [2.24, 2.45) is 30.7 Å². The second-order valence-corrected chi connectivity index (χ2v) is 12.8. The monoisotopic (exact) mass is 595 g/mol. The molecule has 4 fully saturated rings. The van der Waals surface area contributed by atoms with E-state index in [0.29, 0.717) is 36.4 Å². The largest absolute Gasteiger partial charge is 0.453 e. The minimum Gasteiger partial charge on any atom is -0.453 e. The van der Waals surface area contributed by atoms with E-state index in [0.717, 1.165) is 44.9 Å². The van der Waals surface area contributed by atoms with Gasteiger partial charge in [-0.2, -0.15) is 5.10 Å². The summed E-state index contributed by atoms with van der Waals surface area (Å²) in [6.45, 7) is 2.39. The van der Waals surface area contributed by atoms with Crippen LogP contribution >= 0.6 is 0 Å². The number of nitrogens with one attached hydrogen (secondary N) is 3. The predicted octanol–water partition coefficient (Wildman–Crippen LogP) is 2.60. The molecule has 43 heavy (non-hydrogen) atoms. The number of aromatic nitrogens is 3. The molecule has 6 rings (SSSR count). The Morgan fingerprint density at radius 2 is 1.79 bits per heavy atom. The lowest BCUT2D eigenvalue weighted by Crippen LogP contribution is -2.51. The summed E-state index contributed by atoms with van der Waals surface area (Å²) in [5.41, 5.74) is -0.813. The molecule has 3 saturated carbocycles. The molecule has 0 radical (unpaired) electrons. The molecule has 232 valence electrons. The van der Waals surface area contributed by atoms with Crippen LogP contribution in [0.3, 0.4) is 0 Å². The van der Waals surface area contributed by atoms with Crippen molar-refractivity contribution in [1.29, 1.82) is 0 Å². The third-order valence-electron chi connectivity index (χ3n) is 9.93. The van der Waals surface area contributed by atoms with E-state index < -0.39 is 17.6 Å². The van der Waals surface area contributed by atoms with Crippen LogP contribution < -0.4 is 16.0 Å². The third kappa shape index (κ3) is 5.85. The van der Waals surface area contributed by atoms with Gasteiger partial charge in [-0.15, -0.1) is 0 Å². The van der Waals surface area contributed by atoms with Gasteiger partial charge in [0.05, 0.1) is 7.11 Å². The molecule has 0 bridgehead atoms. The van der Waals surface area contributed by atoms with Gasteiger partial charge >= 0.3 is 6.09 Å². The Morgan fingerprint density at radius 3 is 2.37 bits per heavy atom. The number of rotatable bonds is 11. The lowest BCUT2D eigenvalue weighted by molar-refractivity contribution is -0.128. The van der Waals surface area contributed by atoms with Gasteiger partial charge in [0, 0.05) is 38.4 Å². The molecule has 3 heterocycles. The van der Waals surface area contributed by atoms with Gasteiger partial charge in [-0.3, -0.25) is 19.1 Å². The molecule has 4 amide bonds. The maximum atomic E-state index is 13.8. The quantitative estimate of drug-likeness (QED) is 0.357. The minimum atomic E-state index is -1.18. The number of carbonyl (C=O) groups is 4. The maximum absolute atomic E-state index is 13.8. The number of anilines is 1.